The fourth-order valence-electron chi connectivity index (χ4n) is 3.47. The lowest BCUT2D eigenvalue weighted by atomic mass is 9.89. The van der Waals surface area contributed by atoms with Crippen molar-refractivity contribution < 1.29 is 28.3 Å². The first kappa shape index (κ1) is 17.3. The largest absolute Gasteiger partial charge is 0.481 e. The molecule has 2 amide bonds. The van der Waals surface area contributed by atoms with E-state index in [2.05, 4.69) is 5.32 Å². The van der Waals surface area contributed by atoms with E-state index in [0.717, 1.165) is 12.1 Å². The summed E-state index contributed by atoms with van der Waals surface area (Å²) in [4.78, 5) is 35.8. The van der Waals surface area contributed by atoms with Gasteiger partial charge >= 0.3 is 5.97 Å². The Morgan fingerprint density at radius 2 is 1.88 bits per heavy atom. The fourth-order valence-corrected chi connectivity index (χ4v) is 3.47. The smallest absolute Gasteiger partial charge is 0.308 e. The Bertz CT molecular complexity index is 714. The van der Waals surface area contributed by atoms with Gasteiger partial charge in [0, 0.05) is 30.8 Å². The molecule has 0 spiro atoms. The zero-order valence-electron chi connectivity index (χ0n) is 13.4. The Morgan fingerprint density at radius 3 is 2.48 bits per heavy atom. The number of nitrogens with zero attached hydrogens (tertiary/aromatic N) is 1. The highest BCUT2D eigenvalue weighted by Crippen LogP contribution is 2.33. The summed E-state index contributed by atoms with van der Waals surface area (Å²) in [6.07, 6.45) is 1.24. The van der Waals surface area contributed by atoms with Gasteiger partial charge in [-0.1, -0.05) is 0 Å². The van der Waals surface area contributed by atoms with E-state index < -0.39 is 41.3 Å². The van der Waals surface area contributed by atoms with Crippen LogP contribution in [0, 0.1) is 17.6 Å². The van der Waals surface area contributed by atoms with Crippen LogP contribution in [0.3, 0.4) is 0 Å². The molecule has 3 rings (SSSR count). The maximum atomic E-state index is 14.5. The minimum Gasteiger partial charge on any atom is -0.481 e. The number of carboxylic acid groups (broad SMARTS) is 1. The summed E-state index contributed by atoms with van der Waals surface area (Å²) < 4.78 is 29.1. The summed E-state index contributed by atoms with van der Waals surface area (Å²) in [5.74, 6) is -5.42. The number of rotatable bonds is 3. The second-order valence-electron chi connectivity index (χ2n) is 6.45. The highest BCUT2D eigenvalue weighted by molar-refractivity contribution is 6.01. The van der Waals surface area contributed by atoms with Gasteiger partial charge in [0.05, 0.1) is 11.8 Å². The van der Waals surface area contributed by atoms with Crippen molar-refractivity contribution in [2.24, 2.45) is 5.92 Å². The molecule has 2 saturated heterocycles. The fraction of sp³-hybridized carbons (Fsp3) is 0.471. The number of anilines is 1. The molecule has 2 aliphatic rings. The molecule has 8 heteroatoms. The molecule has 0 saturated carbocycles. The normalized spacial score (nSPS) is 24.2. The number of carbonyl (C=O) groups excluding carboxylic acids is 2. The first-order valence-corrected chi connectivity index (χ1v) is 8.17. The Kier molecular flexibility index (Phi) is 4.69. The molecule has 2 atom stereocenters. The molecule has 25 heavy (non-hydrogen) atoms. The summed E-state index contributed by atoms with van der Waals surface area (Å²) in [7, 11) is 0. The first-order chi connectivity index (χ1) is 11.9. The van der Waals surface area contributed by atoms with Crippen molar-refractivity contribution in [3.8, 4) is 0 Å². The van der Waals surface area contributed by atoms with Crippen molar-refractivity contribution in [1.29, 1.82) is 0 Å². The number of hydrogen-bond donors (Lipinski definition) is 2. The summed E-state index contributed by atoms with van der Waals surface area (Å²) in [5.41, 5.74) is -0.0856. The Balaban J connectivity index is 1.86. The van der Waals surface area contributed by atoms with Crippen LogP contribution in [-0.2, 0) is 14.4 Å². The van der Waals surface area contributed by atoms with Gasteiger partial charge in [0.1, 0.15) is 11.6 Å². The summed E-state index contributed by atoms with van der Waals surface area (Å²) >= 11 is 0. The van der Waals surface area contributed by atoms with Crippen LogP contribution in [0.15, 0.2) is 12.1 Å². The van der Waals surface area contributed by atoms with Gasteiger partial charge in [-0.25, -0.2) is 8.78 Å². The molecule has 0 aliphatic carbocycles. The topological polar surface area (TPSA) is 86.7 Å². The number of piperidine rings is 2. The van der Waals surface area contributed by atoms with Crippen molar-refractivity contribution in [1.82, 2.24) is 5.32 Å². The quantitative estimate of drug-likeness (QED) is 0.810. The van der Waals surface area contributed by atoms with Crippen molar-refractivity contribution >= 4 is 23.5 Å². The molecule has 1 aromatic rings. The summed E-state index contributed by atoms with van der Waals surface area (Å²) in [6, 6.07) is 2.26. The Morgan fingerprint density at radius 1 is 1.20 bits per heavy atom. The molecule has 2 fully saturated rings. The van der Waals surface area contributed by atoms with Crippen LogP contribution in [0.25, 0.3) is 0 Å². The van der Waals surface area contributed by atoms with Crippen LogP contribution in [-0.4, -0.2) is 36.0 Å². The average Bonchev–Trinajstić information content (AvgIpc) is 2.56. The highest BCUT2D eigenvalue weighted by Gasteiger charge is 2.33. The lowest BCUT2D eigenvalue weighted by molar-refractivity contribution is -0.142. The van der Waals surface area contributed by atoms with Crippen molar-refractivity contribution in [3.63, 3.8) is 0 Å². The van der Waals surface area contributed by atoms with Crippen molar-refractivity contribution in [2.75, 3.05) is 18.0 Å². The minimum atomic E-state index is -1.04. The third-order valence-electron chi connectivity index (χ3n) is 4.79. The first-order valence-electron chi connectivity index (χ1n) is 8.17. The molecule has 6 nitrogen and oxygen atoms in total. The molecule has 2 N–H and O–H groups in total. The minimum absolute atomic E-state index is 0.0312. The molecule has 134 valence electrons. The third-order valence-corrected chi connectivity index (χ3v) is 4.79. The van der Waals surface area contributed by atoms with Gasteiger partial charge < -0.3 is 10.0 Å². The monoisotopic (exact) mass is 352 g/mol. The number of amides is 2. The number of aliphatic carboxylic acids is 1. The molecular formula is C17H18F2N2O4. The predicted octanol–water partition coefficient (Wildman–Crippen LogP) is 1.79. The zero-order chi connectivity index (χ0) is 18.1. The molecule has 1 aromatic carbocycles. The number of carboxylic acids is 1. The van der Waals surface area contributed by atoms with Gasteiger partial charge in [-0.3, -0.25) is 19.7 Å². The van der Waals surface area contributed by atoms with Crippen LogP contribution in [0.2, 0.25) is 0 Å². The van der Waals surface area contributed by atoms with Gasteiger partial charge in [-0.05, 0) is 31.4 Å². The highest BCUT2D eigenvalue weighted by atomic mass is 19.1. The predicted molar refractivity (Wildman–Crippen MR) is 84.1 cm³/mol. The Labute approximate surface area is 142 Å². The van der Waals surface area contributed by atoms with Gasteiger partial charge in [-0.15, -0.1) is 0 Å². The van der Waals surface area contributed by atoms with E-state index in [1.54, 1.807) is 4.90 Å². The Hall–Kier alpha value is -2.51. The van der Waals surface area contributed by atoms with Gasteiger partial charge in [0.15, 0.2) is 0 Å². The standard InChI is InChI=1S/C17H18F2N2O4/c18-12-6-10(21-5-1-2-9(8-21)17(24)25)7-13(19)15(12)11-3-4-14(22)20-16(11)23/h6-7,9,11H,1-5,8H2,(H,24,25)(H,20,22,23). The second kappa shape index (κ2) is 6.78. The lowest BCUT2D eigenvalue weighted by Gasteiger charge is -2.33. The number of imide groups is 1. The van der Waals surface area contributed by atoms with Crippen molar-refractivity contribution in [2.45, 2.75) is 31.6 Å². The van der Waals surface area contributed by atoms with E-state index in [1.165, 1.54) is 0 Å². The molecule has 2 aliphatic heterocycles. The van der Waals surface area contributed by atoms with Crippen LogP contribution >= 0.6 is 0 Å². The number of hydrogen-bond acceptors (Lipinski definition) is 4. The average molecular weight is 352 g/mol. The van der Waals surface area contributed by atoms with E-state index in [9.17, 15) is 23.2 Å². The lowest BCUT2D eigenvalue weighted by Crippen LogP contribution is -2.40. The van der Waals surface area contributed by atoms with Gasteiger partial charge in [0.2, 0.25) is 11.8 Å². The van der Waals surface area contributed by atoms with E-state index >= 15 is 0 Å². The molecule has 0 radical (unpaired) electrons. The molecule has 2 unspecified atom stereocenters. The number of halogens is 2. The van der Waals surface area contributed by atoms with Gasteiger partial charge in [0.25, 0.3) is 0 Å². The van der Waals surface area contributed by atoms with E-state index in [4.69, 9.17) is 5.11 Å². The third kappa shape index (κ3) is 3.47. The summed E-state index contributed by atoms with van der Waals surface area (Å²) in [5, 5.41) is 11.2. The summed E-state index contributed by atoms with van der Waals surface area (Å²) in [6.45, 7) is 0.701. The second-order valence-corrected chi connectivity index (χ2v) is 6.45. The van der Waals surface area contributed by atoms with E-state index in [0.29, 0.717) is 19.4 Å². The van der Waals surface area contributed by atoms with Crippen LogP contribution in [0.4, 0.5) is 14.5 Å². The molecular weight excluding hydrogens is 334 g/mol. The maximum absolute atomic E-state index is 14.5. The molecule has 0 aromatic heterocycles. The zero-order valence-corrected chi connectivity index (χ0v) is 13.4. The number of benzene rings is 1. The number of carbonyl (C=O) groups is 3. The molecule has 2 heterocycles. The SMILES string of the molecule is O=C1CCC(c2c(F)cc(N3CCCC(C(=O)O)C3)cc2F)C(=O)N1. The van der Waals surface area contributed by atoms with Crippen molar-refractivity contribution in [3.05, 3.63) is 29.3 Å². The van der Waals surface area contributed by atoms with E-state index in [-0.39, 0.29) is 30.6 Å². The molecule has 0 bridgehead atoms. The van der Waals surface area contributed by atoms with Crippen LogP contribution in [0.5, 0.6) is 0 Å². The number of nitrogens with one attached hydrogen (secondary N) is 1. The van der Waals surface area contributed by atoms with E-state index in [1.807, 2.05) is 0 Å². The van der Waals surface area contributed by atoms with Crippen LogP contribution in [0.1, 0.15) is 37.2 Å². The van der Waals surface area contributed by atoms with Crippen LogP contribution < -0.4 is 10.2 Å². The maximum Gasteiger partial charge on any atom is 0.308 e. The van der Waals surface area contributed by atoms with Gasteiger partial charge in [-0.2, -0.15) is 0 Å².